The minimum absolute atomic E-state index is 0.150. The highest BCUT2D eigenvalue weighted by molar-refractivity contribution is 7.90. The Balaban J connectivity index is 1.87. The zero-order chi connectivity index (χ0) is 18.6. The second-order valence-electron chi connectivity index (χ2n) is 5.88. The lowest BCUT2D eigenvalue weighted by atomic mass is 9.94. The highest BCUT2D eigenvalue weighted by Gasteiger charge is 2.41. The summed E-state index contributed by atoms with van der Waals surface area (Å²) in [6.45, 7) is 1.51. The van der Waals surface area contributed by atoms with E-state index < -0.39 is 52.3 Å². The van der Waals surface area contributed by atoms with Crippen LogP contribution in [0.3, 0.4) is 0 Å². The van der Waals surface area contributed by atoms with E-state index in [2.05, 4.69) is 5.32 Å². The highest BCUT2D eigenvalue weighted by atomic mass is 32.2. The van der Waals surface area contributed by atoms with Crippen molar-refractivity contribution in [3.8, 4) is 0 Å². The van der Waals surface area contributed by atoms with Gasteiger partial charge in [-0.25, -0.2) is 17.9 Å². The maximum Gasteiger partial charge on any atom is 0.332 e. The number of hydrogen-bond donors (Lipinski definition) is 5. The lowest BCUT2D eigenvalue weighted by Gasteiger charge is -2.39. The van der Waals surface area contributed by atoms with Gasteiger partial charge in [-0.2, -0.15) is 0 Å². The van der Waals surface area contributed by atoms with Crippen LogP contribution in [0.1, 0.15) is 13.3 Å². The fourth-order valence-corrected chi connectivity index (χ4v) is 3.49. The number of ether oxygens (including phenoxy) is 1. The molecule has 5 atom stereocenters. The fraction of sp³-hybridized carbons (Fsp3) is 0.533. The number of rotatable bonds is 5. The SMILES string of the molecule is CC1O[C@H](CCS(=O)(=O)NC(=O)Nc2ccccc2)[C@@H](O)[C@H](O)[C@@H]1O. The van der Waals surface area contributed by atoms with E-state index in [9.17, 15) is 28.5 Å². The summed E-state index contributed by atoms with van der Waals surface area (Å²) in [4.78, 5) is 11.7. The lowest BCUT2D eigenvalue weighted by Crippen LogP contribution is -2.57. The standard InChI is InChI=1S/C15H22N2O7S/c1-9-12(18)14(20)13(19)11(24-9)7-8-25(22,23)17-15(21)16-10-5-3-2-4-6-10/h2-6,9,11-14,18-20H,7-8H2,1H3,(H2,16,17,21)/t9?,11-,12-,13-,14-/m1/s1. The molecule has 10 heteroatoms. The Labute approximate surface area is 145 Å². The monoisotopic (exact) mass is 374 g/mol. The zero-order valence-electron chi connectivity index (χ0n) is 13.6. The smallest absolute Gasteiger partial charge is 0.332 e. The van der Waals surface area contributed by atoms with Crippen molar-refractivity contribution in [2.24, 2.45) is 0 Å². The van der Waals surface area contributed by atoms with Crippen molar-refractivity contribution < 1.29 is 33.3 Å². The molecule has 0 aliphatic carbocycles. The number of aliphatic hydroxyl groups excluding tert-OH is 3. The third kappa shape index (κ3) is 5.38. The summed E-state index contributed by atoms with van der Waals surface area (Å²) in [5.41, 5.74) is 0.437. The van der Waals surface area contributed by atoms with Crippen LogP contribution in [-0.4, -0.2) is 66.0 Å². The number of urea groups is 1. The van der Waals surface area contributed by atoms with Crippen LogP contribution in [0.2, 0.25) is 0 Å². The van der Waals surface area contributed by atoms with E-state index in [1.54, 1.807) is 30.3 Å². The van der Waals surface area contributed by atoms with Gasteiger partial charge in [0, 0.05) is 5.69 Å². The van der Waals surface area contributed by atoms with Crippen LogP contribution in [0, 0.1) is 0 Å². The molecule has 1 aromatic carbocycles. The minimum Gasteiger partial charge on any atom is -0.388 e. The number of carbonyl (C=O) groups excluding carboxylic acids is 1. The normalized spacial score (nSPS) is 29.8. The molecule has 1 aliphatic heterocycles. The molecule has 2 rings (SSSR count). The Hall–Kier alpha value is -1.72. The molecule has 0 bridgehead atoms. The average molecular weight is 374 g/mol. The Morgan fingerprint density at radius 2 is 1.76 bits per heavy atom. The Morgan fingerprint density at radius 1 is 1.12 bits per heavy atom. The van der Waals surface area contributed by atoms with E-state index in [1.807, 2.05) is 4.72 Å². The van der Waals surface area contributed by atoms with Crippen LogP contribution >= 0.6 is 0 Å². The zero-order valence-corrected chi connectivity index (χ0v) is 14.4. The van der Waals surface area contributed by atoms with Gasteiger partial charge >= 0.3 is 6.03 Å². The third-order valence-electron chi connectivity index (χ3n) is 3.90. The van der Waals surface area contributed by atoms with Gasteiger partial charge in [-0.05, 0) is 25.5 Å². The van der Waals surface area contributed by atoms with Crippen molar-refractivity contribution in [3.05, 3.63) is 30.3 Å². The Kier molecular flexibility index (Phi) is 6.36. The van der Waals surface area contributed by atoms with Crippen LogP contribution in [-0.2, 0) is 14.8 Å². The summed E-state index contributed by atoms with van der Waals surface area (Å²) < 4.78 is 31.2. The number of benzene rings is 1. The summed E-state index contributed by atoms with van der Waals surface area (Å²) in [5, 5.41) is 31.6. The van der Waals surface area contributed by atoms with E-state index >= 15 is 0 Å². The molecule has 25 heavy (non-hydrogen) atoms. The number of anilines is 1. The molecule has 1 aromatic rings. The maximum atomic E-state index is 12.0. The van der Waals surface area contributed by atoms with E-state index in [0.717, 1.165) is 0 Å². The first kappa shape index (κ1) is 19.6. The van der Waals surface area contributed by atoms with E-state index in [4.69, 9.17) is 4.74 Å². The van der Waals surface area contributed by atoms with Gasteiger partial charge in [-0.15, -0.1) is 0 Å². The molecule has 2 amide bonds. The summed E-state index contributed by atoms with van der Waals surface area (Å²) >= 11 is 0. The predicted molar refractivity (Wildman–Crippen MR) is 89.4 cm³/mol. The topological polar surface area (TPSA) is 145 Å². The predicted octanol–water partition coefficient (Wildman–Crippen LogP) is -0.602. The van der Waals surface area contributed by atoms with Gasteiger partial charge in [-0.3, -0.25) is 0 Å². The number of sulfonamides is 1. The van der Waals surface area contributed by atoms with E-state index in [1.165, 1.54) is 6.92 Å². The van der Waals surface area contributed by atoms with Crippen molar-refractivity contribution in [1.29, 1.82) is 0 Å². The molecule has 1 fully saturated rings. The second-order valence-corrected chi connectivity index (χ2v) is 7.72. The summed E-state index contributed by atoms with van der Waals surface area (Å²) in [7, 11) is -3.97. The molecule has 140 valence electrons. The fourth-order valence-electron chi connectivity index (χ4n) is 2.52. The molecule has 1 heterocycles. The van der Waals surface area contributed by atoms with Gasteiger partial charge in [0.2, 0.25) is 10.0 Å². The first-order chi connectivity index (χ1) is 11.7. The Bertz CT molecular complexity index is 682. The van der Waals surface area contributed by atoms with Gasteiger partial charge in [-0.1, -0.05) is 18.2 Å². The molecule has 0 spiro atoms. The van der Waals surface area contributed by atoms with Crippen LogP contribution in [0.25, 0.3) is 0 Å². The second kappa shape index (κ2) is 8.11. The number of para-hydroxylation sites is 1. The number of aliphatic hydroxyl groups is 3. The summed E-state index contributed by atoms with van der Waals surface area (Å²) in [5.74, 6) is -0.494. The van der Waals surface area contributed by atoms with Gasteiger partial charge in [0.15, 0.2) is 0 Å². The molecular formula is C15H22N2O7S. The third-order valence-corrected chi connectivity index (χ3v) is 5.17. The molecule has 0 radical (unpaired) electrons. The molecule has 1 saturated heterocycles. The summed E-state index contributed by atoms with van der Waals surface area (Å²) in [6, 6.07) is 7.43. The number of amides is 2. The van der Waals surface area contributed by atoms with Crippen molar-refractivity contribution in [2.75, 3.05) is 11.1 Å². The van der Waals surface area contributed by atoms with E-state index in [0.29, 0.717) is 5.69 Å². The molecule has 1 unspecified atom stereocenters. The molecule has 5 N–H and O–H groups in total. The first-order valence-corrected chi connectivity index (χ1v) is 9.41. The average Bonchev–Trinajstić information content (AvgIpc) is 2.55. The van der Waals surface area contributed by atoms with Crippen LogP contribution < -0.4 is 10.0 Å². The van der Waals surface area contributed by atoms with Crippen molar-refractivity contribution >= 4 is 21.7 Å². The molecular weight excluding hydrogens is 352 g/mol. The van der Waals surface area contributed by atoms with Crippen LogP contribution in [0.4, 0.5) is 10.5 Å². The lowest BCUT2D eigenvalue weighted by molar-refractivity contribution is -0.217. The number of carbonyl (C=O) groups is 1. The maximum absolute atomic E-state index is 12.0. The van der Waals surface area contributed by atoms with Crippen molar-refractivity contribution in [2.45, 2.75) is 43.9 Å². The molecule has 0 aromatic heterocycles. The van der Waals surface area contributed by atoms with Crippen molar-refractivity contribution in [1.82, 2.24) is 4.72 Å². The molecule has 0 saturated carbocycles. The van der Waals surface area contributed by atoms with Crippen molar-refractivity contribution in [3.63, 3.8) is 0 Å². The first-order valence-electron chi connectivity index (χ1n) is 7.76. The van der Waals surface area contributed by atoms with Gasteiger partial charge < -0.3 is 25.4 Å². The largest absolute Gasteiger partial charge is 0.388 e. The van der Waals surface area contributed by atoms with Gasteiger partial charge in [0.1, 0.15) is 18.3 Å². The quantitative estimate of drug-likeness (QED) is 0.462. The molecule has 1 aliphatic rings. The van der Waals surface area contributed by atoms with Gasteiger partial charge in [0.05, 0.1) is 18.0 Å². The van der Waals surface area contributed by atoms with Gasteiger partial charge in [0.25, 0.3) is 0 Å². The molecule has 9 nitrogen and oxygen atoms in total. The Morgan fingerprint density at radius 3 is 2.40 bits per heavy atom. The number of nitrogens with one attached hydrogen (secondary N) is 2. The van der Waals surface area contributed by atoms with Crippen LogP contribution in [0.15, 0.2) is 30.3 Å². The van der Waals surface area contributed by atoms with Crippen LogP contribution in [0.5, 0.6) is 0 Å². The minimum atomic E-state index is -3.97. The van der Waals surface area contributed by atoms with E-state index in [-0.39, 0.29) is 6.42 Å². The number of hydrogen-bond acceptors (Lipinski definition) is 7. The highest BCUT2D eigenvalue weighted by Crippen LogP contribution is 2.23. The summed E-state index contributed by atoms with van der Waals surface area (Å²) in [6.07, 6.45) is -5.96.